The monoisotopic (exact) mass is 530 g/mol. The number of hydrogen-bond donors (Lipinski definition) is 2. The van der Waals surface area contributed by atoms with Crippen molar-refractivity contribution < 1.29 is 21.3 Å². The zero-order valence-corrected chi connectivity index (χ0v) is 19.7. The number of rotatable bonds is 6. The highest BCUT2D eigenvalue weighted by molar-refractivity contribution is 7.93. The van der Waals surface area contributed by atoms with Gasteiger partial charge in [0, 0.05) is 16.5 Å². The van der Waals surface area contributed by atoms with Gasteiger partial charge in [-0.05, 0) is 36.4 Å². The second-order valence-electron chi connectivity index (χ2n) is 6.56. The van der Waals surface area contributed by atoms with Gasteiger partial charge in [0.05, 0.1) is 21.4 Å². The Morgan fingerprint density at radius 1 is 0.719 bits per heavy atom. The van der Waals surface area contributed by atoms with Gasteiger partial charge in [-0.1, -0.05) is 59.1 Å². The van der Waals surface area contributed by atoms with E-state index >= 15 is 0 Å². The summed E-state index contributed by atoms with van der Waals surface area (Å²) in [5, 5.41) is 0.313. The van der Waals surface area contributed by atoms with Crippen LogP contribution in [0.5, 0.6) is 0 Å². The molecule has 7 nitrogen and oxygen atoms in total. The van der Waals surface area contributed by atoms with E-state index in [-0.39, 0.29) is 36.4 Å². The third-order valence-corrected chi connectivity index (χ3v) is 8.14. The summed E-state index contributed by atoms with van der Waals surface area (Å²) in [6.07, 6.45) is 0. The first kappa shape index (κ1) is 22.8. The fraction of sp³-hybridized carbons (Fsp3) is 0. The van der Waals surface area contributed by atoms with Crippen molar-refractivity contribution in [2.24, 2.45) is 0 Å². The molecule has 1 heterocycles. The van der Waals surface area contributed by atoms with Crippen LogP contribution in [0.25, 0.3) is 11.0 Å². The minimum absolute atomic E-state index is 0.0523. The molecule has 12 heteroatoms. The average molecular weight is 532 g/mol. The van der Waals surface area contributed by atoms with Gasteiger partial charge in [-0.2, -0.15) is 8.42 Å². The zero-order chi connectivity index (χ0) is 23.1. The van der Waals surface area contributed by atoms with E-state index in [2.05, 4.69) is 9.44 Å². The molecule has 0 saturated heterocycles. The molecule has 0 aliphatic carbocycles. The first-order valence-electron chi connectivity index (χ1n) is 8.85. The predicted octanol–water partition coefficient (Wildman–Crippen LogP) is 5.99. The summed E-state index contributed by atoms with van der Waals surface area (Å²) >= 11 is 18.0. The molecule has 0 aliphatic rings. The molecular weight excluding hydrogens is 519 g/mol. The Balaban J connectivity index is 1.71. The smallest absolute Gasteiger partial charge is 0.295 e. The SMILES string of the molecule is O=S(=O)(Nc1cc(Cl)ccc1NS(=O)(=O)c1cccc(Cl)c1Cl)c1cc2ccccc2o1. The Kier molecular flexibility index (Phi) is 6.04. The summed E-state index contributed by atoms with van der Waals surface area (Å²) in [5.41, 5.74) is 0.195. The van der Waals surface area contributed by atoms with Gasteiger partial charge >= 0.3 is 0 Å². The first-order valence-corrected chi connectivity index (χ1v) is 12.9. The molecule has 0 unspecified atom stereocenters. The van der Waals surface area contributed by atoms with Crippen LogP contribution in [0.2, 0.25) is 15.1 Å². The summed E-state index contributed by atoms with van der Waals surface area (Å²) in [5.74, 6) is 0. The van der Waals surface area contributed by atoms with Crippen molar-refractivity contribution in [3.8, 4) is 0 Å². The fourth-order valence-corrected chi connectivity index (χ4v) is 5.92. The average Bonchev–Trinajstić information content (AvgIpc) is 3.17. The lowest BCUT2D eigenvalue weighted by Crippen LogP contribution is -2.17. The second-order valence-corrected chi connectivity index (χ2v) is 11.0. The Morgan fingerprint density at radius 3 is 2.19 bits per heavy atom. The molecule has 0 fully saturated rings. The number of halogens is 3. The van der Waals surface area contributed by atoms with Crippen LogP contribution in [-0.4, -0.2) is 16.8 Å². The van der Waals surface area contributed by atoms with Gasteiger partial charge in [0.1, 0.15) is 10.5 Å². The van der Waals surface area contributed by atoms with Crippen LogP contribution in [-0.2, 0) is 20.0 Å². The van der Waals surface area contributed by atoms with Gasteiger partial charge < -0.3 is 4.42 Å². The number of hydrogen-bond acceptors (Lipinski definition) is 5. The van der Waals surface area contributed by atoms with Crippen molar-refractivity contribution >= 4 is 77.2 Å². The Hall–Kier alpha value is -2.43. The van der Waals surface area contributed by atoms with Crippen LogP contribution in [0.15, 0.2) is 81.1 Å². The lowest BCUT2D eigenvalue weighted by atomic mass is 10.3. The molecule has 0 bridgehead atoms. The molecule has 0 aliphatic heterocycles. The zero-order valence-electron chi connectivity index (χ0n) is 15.8. The largest absolute Gasteiger partial charge is 0.443 e. The van der Waals surface area contributed by atoms with Crippen LogP contribution in [0.1, 0.15) is 0 Å². The number of nitrogens with one attached hydrogen (secondary N) is 2. The second kappa shape index (κ2) is 8.49. The van der Waals surface area contributed by atoms with Gasteiger partial charge in [0.15, 0.2) is 0 Å². The van der Waals surface area contributed by atoms with Gasteiger partial charge in [-0.15, -0.1) is 0 Å². The highest BCUT2D eigenvalue weighted by Crippen LogP contribution is 2.34. The molecule has 0 radical (unpaired) electrons. The molecule has 2 N–H and O–H groups in total. The van der Waals surface area contributed by atoms with Gasteiger partial charge in [-0.3, -0.25) is 9.44 Å². The van der Waals surface area contributed by atoms with E-state index in [0.717, 1.165) is 0 Å². The maximum atomic E-state index is 12.9. The molecule has 0 amide bonds. The third-order valence-electron chi connectivity index (χ3n) is 4.34. The van der Waals surface area contributed by atoms with Crippen LogP contribution < -0.4 is 9.44 Å². The van der Waals surface area contributed by atoms with E-state index in [4.69, 9.17) is 39.2 Å². The highest BCUT2D eigenvalue weighted by Gasteiger charge is 2.24. The summed E-state index contributed by atoms with van der Waals surface area (Å²) < 4.78 is 61.6. The minimum atomic E-state index is -4.21. The lowest BCUT2D eigenvalue weighted by molar-refractivity contribution is 0.484. The Labute approximate surface area is 199 Å². The van der Waals surface area contributed by atoms with E-state index < -0.39 is 20.0 Å². The molecular formula is C20H13Cl3N2O5S2. The molecule has 4 aromatic rings. The highest BCUT2D eigenvalue weighted by atomic mass is 35.5. The van der Waals surface area contributed by atoms with E-state index in [0.29, 0.717) is 11.0 Å². The minimum Gasteiger partial charge on any atom is -0.443 e. The molecule has 32 heavy (non-hydrogen) atoms. The van der Waals surface area contributed by atoms with E-state index in [1.165, 1.54) is 42.5 Å². The van der Waals surface area contributed by atoms with Crippen molar-refractivity contribution in [1.82, 2.24) is 0 Å². The van der Waals surface area contributed by atoms with Crippen LogP contribution in [0.4, 0.5) is 11.4 Å². The predicted molar refractivity (Wildman–Crippen MR) is 126 cm³/mol. The van der Waals surface area contributed by atoms with Crippen molar-refractivity contribution in [3.63, 3.8) is 0 Å². The number of sulfonamides is 2. The summed E-state index contributed by atoms with van der Waals surface area (Å²) in [7, 11) is -8.42. The van der Waals surface area contributed by atoms with Crippen molar-refractivity contribution in [1.29, 1.82) is 0 Å². The molecule has 4 rings (SSSR count). The molecule has 0 spiro atoms. The number of fused-ring (bicyclic) bond motifs is 1. The van der Waals surface area contributed by atoms with E-state index in [1.807, 2.05) is 0 Å². The van der Waals surface area contributed by atoms with Crippen LogP contribution in [0, 0.1) is 0 Å². The third kappa shape index (κ3) is 4.53. The molecule has 166 valence electrons. The van der Waals surface area contributed by atoms with Crippen molar-refractivity contribution in [2.75, 3.05) is 9.44 Å². The van der Waals surface area contributed by atoms with E-state index in [1.54, 1.807) is 24.3 Å². The van der Waals surface area contributed by atoms with Gasteiger partial charge in [-0.25, -0.2) is 8.42 Å². The Bertz CT molecular complexity index is 1520. The van der Waals surface area contributed by atoms with Gasteiger partial charge in [0.25, 0.3) is 20.0 Å². The normalized spacial score (nSPS) is 12.1. The maximum absolute atomic E-state index is 12.9. The standard InChI is InChI=1S/C20H13Cl3N2O5S2/c21-13-8-9-15(24-31(26,27)18-7-3-5-14(22)20(18)23)16(11-13)25-32(28,29)19-10-12-4-1-2-6-17(12)30-19/h1-11,24-25H. The topological polar surface area (TPSA) is 105 Å². The quantitative estimate of drug-likeness (QED) is 0.318. The van der Waals surface area contributed by atoms with Crippen molar-refractivity contribution in [3.05, 3.63) is 81.8 Å². The fourth-order valence-electron chi connectivity index (χ4n) is 2.87. The molecule has 1 aromatic heterocycles. The van der Waals surface area contributed by atoms with Gasteiger partial charge in [0.2, 0.25) is 5.09 Å². The summed E-state index contributed by atoms with van der Waals surface area (Å²) in [6.45, 7) is 0. The number of benzene rings is 3. The summed E-state index contributed by atoms with van der Waals surface area (Å²) in [6, 6.07) is 16.3. The lowest BCUT2D eigenvalue weighted by Gasteiger charge is -2.15. The molecule has 0 atom stereocenters. The van der Waals surface area contributed by atoms with Crippen LogP contribution >= 0.6 is 34.8 Å². The maximum Gasteiger partial charge on any atom is 0.295 e. The number of para-hydroxylation sites is 1. The van der Waals surface area contributed by atoms with Crippen LogP contribution in [0.3, 0.4) is 0 Å². The number of furan rings is 1. The first-order chi connectivity index (χ1) is 15.1. The number of anilines is 2. The van der Waals surface area contributed by atoms with Crippen molar-refractivity contribution in [2.45, 2.75) is 9.99 Å². The van der Waals surface area contributed by atoms with E-state index in [9.17, 15) is 16.8 Å². The summed E-state index contributed by atoms with van der Waals surface area (Å²) in [4.78, 5) is -0.271. The Morgan fingerprint density at radius 2 is 1.44 bits per heavy atom. The molecule has 3 aromatic carbocycles. The molecule has 0 saturated carbocycles.